The molecule has 0 aromatic carbocycles. The minimum absolute atomic E-state index is 0.127. The summed E-state index contributed by atoms with van der Waals surface area (Å²) in [6, 6.07) is 0. The summed E-state index contributed by atoms with van der Waals surface area (Å²) >= 11 is 0. The molecule has 0 saturated carbocycles. The number of hydrogen-bond donors (Lipinski definition) is 2. The average molecular weight is 1030 g/mol. The minimum Gasteiger partial charge on any atom is -0.462 e. The van der Waals surface area contributed by atoms with Gasteiger partial charge in [-0.1, -0.05) is 216 Å². The maximum absolute atomic E-state index is 12.9. The predicted octanol–water partition coefficient (Wildman–Crippen LogP) is 16.9. The van der Waals surface area contributed by atoms with Gasteiger partial charge in [0.2, 0.25) is 0 Å². The molecule has 3 unspecified atom stereocenters. The zero-order valence-electron chi connectivity index (χ0n) is 45.9. The van der Waals surface area contributed by atoms with Crippen LogP contribution in [0.4, 0.5) is 0 Å². The Morgan fingerprint density at radius 3 is 1.14 bits per heavy atom. The van der Waals surface area contributed by atoms with Crippen molar-refractivity contribution >= 4 is 25.7 Å². The number of aliphatic hydroxyl groups excluding tert-OH is 1. The fourth-order valence-electron chi connectivity index (χ4n) is 7.73. The normalized spacial score (nSPS) is 13.9. The number of aliphatic hydroxyl groups is 1. The summed E-state index contributed by atoms with van der Waals surface area (Å²) in [5.74, 6) is -1.51. The fourth-order valence-corrected chi connectivity index (χ4v) is 8.51. The first kappa shape index (κ1) is 68.9. The molecule has 0 heterocycles. The molecular weight excluding hydrogens is 928 g/mol. The lowest BCUT2D eigenvalue weighted by atomic mass is 10.1. The number of unbranched alkanes of at least 4 members (excludes halogenated alkanes) is 24. The number of rotatable bonds is 53. The second-order valence-electron chi connectivity index (χ2n) is 19.1. The van der Waals surface area contributed by atoms with E-state index in [2.05, 4.69) is 93.7 Å². The number of esters is 3. The van der Waals surface area contributed by atoms with Gasteiger partial charge in [-0.05, 0) is 89.9 Å². The van der Waals surface area contributed by atoms with Crippen molar-refractivity contribution in [3.05, 3.63) is 72.9 Å². The van der Waals surface area contributed by atoms with Crippen LogP contribution < -0.4 is 0 Å². The third-order valence-electron chi connectivity index (χ3n) is 12.1. The van der Waals surface area contributed by atoms with E-state index in [0.717, 1.165) is 96.3 Å². The topological polar surface area (TPSA) is 155 Å². The maximum Gasteiger partial charge on any atom is 0.472 e. The minimum atomic E-state index is -4.75. The summed E-state index contributed by atoms with van der Waals surface area (Å²) in [5.41, 5.74) is 0. The number of ether oxygens (including phenoxy) is 3. The molecule has 0 bridgehead atoms. The summed E-state index contributed by atoms with van der Waals surface area (Å²) < 4.78 is 39.4. The molecule has 3 atom stereocenters. The highest BCUT2D eigenvalue weighted by atomic mass is 31.2. The Morgan fingerprint density at radius 2 is 0.722 bits per heavy atom. The van der Waals surface area contributed by atoms with Crippen molar-refractivity contribution in [1.29, 1.82) is 0 Å². The average Bonchev–Trinajstić information content (AvgIpc) is 3.37. The van der Waals surface area contributed by atoms with Gasteiger partial charge < -0.3 is 24.2 Å². The van der Waals surface area contributed by atoms with Crippen LogP contribution in [0.1, 0.15) is 252 Å². The van der Waals surface area contributed by atoms with Gasteiger partial charge in [0.25, 0.3) is 0 Å². The second kappa shape index (κ2) is 54.2. The molecule has 11 nitrogen and oxygen atoms in total. The lowest BCUT2D eigenvalue weighted by Crippen LogP contribution is -2.30. The molecule has 0 amide bonds. The van der Waals surface area contributed by atoms with Gasteiger partial charge in [-0.25, -0.2) is 4.57 Å². The van der Waals surface area contributed by atoms with E-state index in [1.54, 1.807) is 0 Å². The van der Waals surface area contributed by atoms with Gasteiger partial charge in [-0.15, -0.1) is 0 Å². The molecule has 0 aromatic heterocycles. The Bertz CT molecular complexity index is 1490. The first-order valence-electron chi connectivity index (χ1n) is 28.8. The van der Waals surface area contributed by atoms with Crippen molar-refractivity contribution in [3.8, 4) is 0 Å². The van der Waals surface area contributed by atoms with Crippen molar-refractivity contribution in [1.82, 2.24) is 0 Å². The van der Waals surface area contributed by atoms with E-state index in [0.29, 0.717) is 19.3 Å². The molecule has 0 rings (SSSR count). The predicted molar refractivity (Wildman–Crippen MR) is 298 cm³/mol. The highest BCUT2D eigenvalue weighted by molar-refractivity contribution is 7.47. The Labute approximate surface area is 439 Å². The molecule has 0 saturated heterocycles. The van der Waals surface area contributed by atoms with E-state index in [1.807, 2.05) is 0 Å². The van der Waals surface area contributed by atoms with Crippen LogP contribution in [-0.2, 0) is 42.2 Å². The lowest BCUT2D eigenvalue weighted by Gasteiger charge is -2.21. The summed E-state index contributed by atoms with van der Waals surface area (Å²) in [6.45, 7) is 4.47. The summed E-state index contributed by atoms with van der Waals surface area (Å²) in [4.78, 5) is 48.4. The third kappa shape index (κ3) is 51.8. The van der Waals surface area contributed by atoms with Crippen molar-refractivity contribution in [2.24, 2.45) is 0 Å². The lowest BCUT2D eigenvalue weighted by molar-refractivity contribution is -0.161. The van der Waals surface area contributed by atoms with Gasteiger partial charge >= 0.3 is 25.7 Å². The van der Waals surface area contributed by atoms with E-state index in [1.165, 1.54) is 96.3 Å². The highest BCUT2D eigenvalue weighted by Gasteiger charge is 2.28. The molecule has 0 aliphatic carbocycles. The molecule has 0 aliphatic heterocycles. The first-order chi connectivity index (χ1) is 35.2. The van der Waals surface area contributed by atoms with E-state index < -0.39 is 57.8 Å². The van der Waals surface area contributed by atoms with Crippen LogP contribution in [0.15, 0.2) is 72.9 Å². The Morgan fingerprint density at radius 1 is 0.403 bits per heavy atom. The van der Waals surface area contributed by atoms with Crippen LogP contribution in [0.3, 0.4) is 0 Å². The molecule has 12 heteroatoms. The molecule has 416 valence electrons. The van der Waals surface area contributed by atoms with Gasteiger partial charge in [-0.2, -0.15) is 0 Å². The summed E-state index contributed by atoms with van der Waals surface area (Å²) in [5, 5.41) is 9.77. The zero-order valence-corrected chi connectivity index (χ0v) is 46.8. The molecular formula is C60H105O11P. The van der Waals surface area contributed by atoms with E-state index in [-0.39, 0.29) is 25.9 Å². The standard InChI is InChI=1S/C60H105O11P/c1-4-7-10-13-16-19-21-23-25-27-28-30-32-34-36-39-42-45-48-51-60(64)71-57(53-67-58(62)49-46-43-40-38-35-33-31-29-26-24-22-20-17-14-11-8-5-2)55-69-72(65,66)68-54-56(52-61)70-59(63)50-47-44-41-37-18-15-12-9-6-3/h7,10,16,19,23-26,28,30,34,36,56-57,61H,4-6,8-9,11-15,17-18,20-22,27,29,31-33,35,37-55H2,1-3H3,(H,65,66)/b10-7-,19-16-,25-23-,26-24-,30-28-,36-34-. The summed E-state index contributed by atoms with van der Waals surface area (Å²) in [7, 11) is -4.75. The second-order valence-corrected chi connectivity index (χ2v) is 20.5. The van der Waals surface area contributed by atoms with Crippen LogP contribution in [0, 0.1) is 0 Å². The fraction of sp³-hybridized carbons (Fsp3) is 0.750. The van der Waals surface area contributed by atoms with Crippen LogP contribution in [-0.4, -0.2) is 66.5 Å². The quantitative estimate of drug-likeness (QED) is 0.0197. The Kier molecular flexibility index (Phi) is 51.9. The Balaban J connectivity index is 4.78. The SMILES string of the molecule is CC/C=C\C/C=C\C/C=C\C/C=C\C/C=C\CCCCCC(=O)OC(COC(=O)CCCCCCCCC/C=C\CCCCCCCC)COP(=O)(O)OCC(CO)OC(=O)CCCCCCCCCCC. The number of allylic oxidation sites excluding steroid dienone is 12. The van der Waals surface area contributed by atoms with E-state index in [4.69, 9.17) is 23.3 Å². The van der Waals surface area contributed by atoms with Gasteiger partial charge in [0, 0.05) is 19.3 Å². The van der Waals surface area contributed by atoms with Crippen molar-refractivity contribution in [3.63, 3.8) is 0 Å². The van der Waals surface area contributed by atoms with Gasteiger partial charge in [0.1, 0.15) is 12.7 Å². The number of phosphoric ester groups is 1. The van der Waals surface area contributed by atoms with Crippen LogP contribution in [0.25, 0.3) is 0 Å². The van der Waals surface area contributed by atoms with E-state index in [9.17, 15) is 28.9 Å². The third-order valence-corrected chi connectivity index (χ3v) is 13.1. The first-order valence-corrected chi connectivity index (χ1v) is 30.3. The molecule has 0 fully saturated rings. The molecule has 72 heavy (non-hydrogen) atoms. The molecule has 0 spiro atoms. The monoisotopic (exact) mass is 1030 g/mol. The highest BCUT2D eigenvalue weighted by Crippen LogP contribution is 2.43. The number of carbonyl (C=O) groups is 3. The van der Waals surface area contributed by atoms with Crippen LogP contribution in [0.2, 0.25) is 0 Å². The van der Waals surface area contributed by atoms with Crippen LogP contribution in [0.5, 0.6) is 0 Å². The molecule has 2 N–H and O–H groups in total. The smallest absolute Gasteiger partial charge is 0.462 e. The summed E-state index contributed by atoms with van der Waals surface area (Å²) in [6.07, 6.45) is 60.1. The molecule has 0 aliphatic rings. The Hall–Kier alpha value is -3.08. The van der Waals surface area contributed by atoms with E-state index >= 15 is 0 Å². The van der Waals surface area contributed by atoms with Crippen LogP contribution >= 0.6 is 7.82 Å². The van der Waals surface area contributed by atoms with Crippen molar-refractivity contribution in [2.45, 2.75) is 264 Å². The molecule has 0 radical (unpaired) electrons. The molecule has 0 aromatic rings. The number of carbonyl (C=O) groups excluding carboxylic acids is 3. The van der Waals surface area contributed by atoms with Crippen molar-refractivity contribution in [2.75, 3.05) is 26.4 Å². The van der Waals surface area contributed by atoms with Gasteiger partial charge in [0.05, 0.1) is 19.8 Å². The van der Waals surface area contributed by atoms with Crippen molar-refractivity contribution < 1.29 is 52.2 Å². The van der Waals surface area contributed by atoms with Gasteiger partial charge in [-0.3, -0.25) is 23.4 Å². The zero-order chi connectivity index (χ0) is 52.7. The largest absolute Gasteiger partial charge is 0.472 e. The number of hydrogen-bond acceptors (Lipinski definition) is 10. The maximum atomic E-state index is 12.9. The van der Waals surface area contributed by atoms with Gasteiger partial charge in [0.15, 0.2) is 6.10 Å². The number of phosphoric acid groups is 1.